The van der Waals surface area contributed by atoms with Gasteiger partial charge in [-0.15, -0.1) is 0 Å². The molecule has 220 valence electrons. The van der Waals surface area contributed by atoms with Crippen LogP contribution in [0.3, 0.4) is 0 Å². The minimum atomic E-state index is 0.0150. The van der Waals surface area contributed by atoms with E-state index in [9.17, 15) is 0 Å². The van der Waals surface area contributed by atoms with Crippen molar-refractivity contribution in [3.8, 4) is 11.1 Å². The zero-order chi connectivity index (χ0) is 30.8. The quantitative estimate of drug-likeness (QED) is 0.185. The second-order valence-corrected chi connectivity index (χ2v) is 13.3. The fourth-order valence-corrected chi connectivity index (χ4v) is 8.05. The Morgan fingerprint density at radius 3 is 2.09 bits per heavy atom. The SMILES string of the molecule is CC1(C)C2=C(CCC=C2)c2cc(N(c3ccc4c(ccc5c6ccccc6ccc45)c3)c3ccccc3-c3ccccc3)ccc21. The number of anilines is 3. The Hall–Kier alpha value is -5.40. The van der Waals surface area contributed by atoms with E-state index in [1.807, 2.05) is 0 Å². The van der Waals surface area contributed by atoms with Crippen molar-refractivity contribution in [2.75, 3.05) is 4.90 Å². The number of nitrogens with zero attached hydrogens (tertiary/aromatic N) is 1. The van der Waals surface area contributed by atoms with E-state index in [4.69, 9.17) is 0 Å². The van der Waals surface area contributed by atoms with Crippen LogP contribution in [0.5, 0.6) is 0 Å². The molecule has 0 atom stereocenters. The number of para-hydroxylation sites is 1. The molecule has 0 amide bonds. The molecule has 0 aromatic heterocycles. The lowest BCUT2D eigenvalue weighted by Crippen LogP contribution is -2.17. The van der Waals surface area contributed by atoms with Crippen LogP contribution in [-0.4, -0.2) is 0 Å². The summed E-state index contributed by atoms with van der Waals surface area (Å²) in [4.78, 5) is 2.47. The summed E-state index contributed by atoms with van der Waals surface area (Å²) in [5.41, 5.74) is 11.8. The van der Waals surface area contributed by atoms with Crippen LogP contribution in [0.25, 0.3) is 49.0 Å². The number of fused-ring (bicyclic) bond motifs is 7. The summed E-state index contributed by atoms with van der Waals surface area (Å²) in [6.45, 7) is 4.76. The van der Waals surface area contributed by atoms with Crippen molar-refractivity contribution in [3.05, 3.63) is 168 Å². The van der Waals surface area contributed by atoms with Crippen LogP contribution in [0.1, 0.15) is 37.8 Å². The number of rotatable bonds is 4. The highest BCUT2D eigenvalue weighted by molar-refractivity contribution is 6.17. The molecule has 7 aromatic rings. The van der Waals surface area contributed by atoms with Crippen LogP contribution in [0.2, 0.25) is 0 Å². The van der Waals surface area contributed by atoms with Gasteiger partial charge in [0.05, 0.1) is 5.69 Å². The highest BCUT2D eigenvalue weighted by atomic mass is 15.1. The Kier molecular flexibility index (Phi) is 6.05. The Morgan fingerprint density at radius 2 is 1.22 bits per heavy atom. The third-order valence-corrected chi connectivity index (χ3v) is 10.3. The summed E-state index contributed by atoms with van der Waals surface area (Å²) in [5, 5.41) is 7.70. The normalized spacial score (nSPS) is 15.0. The van der Waals surface area contributed by atoms with Gasteiger partial charge in [0, 0.05) is 22.4 Å². The van der Waals surface area contributed by atoms with Gasteiger partial charge in [0.15, 0.2) is 0 Å². The third kappa shape index (κ3) is 4.08. The van der Waals surface area contributed by atoms with Crippen LogP contribution >= 0.6 is 0 Å². The fourth-order valence-electron chi connectivity index (χ4n) is 8.05. The van der Waals surface area contributed by atoms with Crippen molar-refractivity contribution in [3.63, 3.8) is 0 Å². The number of allylic oxidation sites excluding steroid dienone is 4. The molecule has 7 aromatic carbocycles. The molecule has 2 aliphatic rings. The third-order valence-electron chi connectivity index (χ3n) is 10.3. The Bertz CT molecular complexity index is 2390. The summed E-state index contributed by atoms with van der Waals surface area (Å²) < 4.78 is 0. The lowest BCUT2D eigenvalue weighted by atomic mass is 9.80. The molecule has 9 rings (SSSR count). The van der Waals surface area contributed by atoms with Crippen molar-refractivity contribution in [2.24, 2.45) is 0 Å². The lowest BCUT2D eigenvalue weighted by Gasteiger charge is -2.29. The molecular weight excluding hydrogens is 555 g/mol. The molecule has 1 heteroatoms. The Morgan fingerprint density at radius 1 is 0.543 bits per heavy atom. The number of benzene rings is 7. The molecular formula is C45H35N. The summed E-state index contributed by atoms with van der Waals surface area (Å²) in [6, 6.07) is 51.6. The van der Waals surface area contributed by atoms with E-state index in [1.165, 1.54) is 77.1 Å². The van der Waals surface area contributed by atoms with Gasteiger partial charge in [0.1, 0.15) is 0 Å². The molecule has 0 N–H and O–H groups in total. The largest absolute Gasteiger partial charge is 0.310 e. The minimum Gasteiger partial charge on any atom is -0.310 e. The molecule has 0 saturated carbocycles. The van der Waals surface area contributed by atoms with Gasteiger partial charge in [0.2, 0.25) is 0 Å². The molecule has 0 heterocycles. The van der Waals surface area contributed by atoms with Crippen molar-refractivity contribution in [2.45, 2.75) is 32.1 Å². The van der Waals surface area contributed by atoms with E-state index in [-0.39, 0.29) is 5.41 Å². The highest BCUT2D eigenvalue weighted by Gasteiger charge is 2.37. The van der Waals surface area contributed by atoms with Crippen LogP contribution in [0.4, 0.5) is 17.1 Å². The van der Waals surface area contributed by atoms with Gasteiger partial charge in [-0.3, -0.25) is 0 Å². The second kappa shape index (κ2) is 10.3. The van der Waals surface area contributed by atoms with Gasteiger partial charge in [-0.2, -0.15) is 0 Å². The predicted octanol–water partition coefficient (Wildman–Crippen LogP) is 12.7. The first-order valence-corrected chi connectivity index (χ1v) is 16.4. The average Bonchev–Trinajstić information content (AvgIpc) is 3.34. The van der Waals surface area contributed by atoms with E-state index in [0.29, 0.717) is 0 Å². The first-order chi connectivity index (χ1) is 22.6. The van der Waals surface area contributed by atoms with E-state index in [0.717, 1.165) is 18.5 Å². The minimum absolute atomic E-state index is 0.0150. The van der Waals surface area contributed by atoms with Crippen molar-refractivity contribution < 1.29 is 0 Å². The second-order valence-electron chi connectivity index (χ2n) is 13.3. The molecule has 46 heavy (non-hydrogen) atoms. The average molecular weight is 590 g/mol. The molecule has 0 spiro atoms. The number of hydrogen-bond acceptors (Lipinski definition) is 1. The summed E-state index contributed by atoms with van der Waals surface area (Å²) >= 11 is 0. The molecule has 2 aliphatic carbocycles. The fraction of sp³-hybridized carbons (Fsp3) is 0.111. The van der Waals surface area contributed by atoms with E-state index in [2.05, 4.69) is 170 Å². The molecule has 0 bridgehead atoms. The van der Waals surface area contributed by atoms with Gasteiger partial charge in [-0.25, -0.2) is 0 Å². The lowest BCUT2D eigenvalue weighted by molar-refractivity contribution is 0.651. The Balaban J connectivity index is 1.27. The monoisotopic (exact) mass is 589 g/mol. The van der Waals surface area contributed by atoms with Crippen LogP contribution < -0.4 is 4.90 Å². The van der Waals surface area contributed by atoms with Gasteiger partial charge in [0.25, 0.3) is 0 Å². The van der Waals surface area contributed by atoms with E-state index < -0.39 is 0 Å². The Labute approximate surface area is 270 Å². The molecule has 0 fully saturated rings. The van der Waals surface area contributed by atoms with Gasteiger partial charge >= 0.3 is 0 Å². The van der Waals surface area contributed by atoms with E-state index in [1.54, 1.807) is 0 Å². The summed E-state index contributed by atoms with van der Waals surface area (Å²) in [7, 11) is 0. The maximum atomic E-state index is 2.47. The molecule has 0 aliphatic heterocycles. The maximum absolute atomic E-state index is 2.47. The summed E-state index contributed by atoms with van der Waals surface area (Å²) in [5.74, 6) is 0. The highest BCUT2D eigenvalue weighted by Crippen LogP contribution is 2.52. The van der Waals surface area contributed by atoms with Gasteiger partial charge in [-0.1, -0.05) is 135 Å². The van der Waals surface area contributed by atoms with E-state index >= 15 is 0 Å². The standard InChI is InChI=1S/C45H35N/c1-45(2)42-18-10-8-17-40(42)41-29-34(23-27-43(41)45)46(44-19-11-9-16-37(44)30-12-4-3-5-13-30)33-22-26-36-32(28-33)21-25-38-35-15-7-6-14-31(35)20-24-39(36)38/h3-7,9-16,18-29H,8,17H2,1-2H3. The van der Waals surface area contributed by atoms with Crippen molar-refractivity contribution in [1.29, 1.82) is 0 Å². The molecule has 0 saturated heterocycles. The molecule has 1 nitrogen and oxygen atoms in total. The first-order valence-electron chi connectivity index (χ1n) is 16.4. The predicted molar refractivity (Wildman–Crippen MR) is 197 cm³/mol. The molecule has 0 unspecified atom stereocenters. The first kappa shape index (κ1) is 27.0. The molecule has 0 radical (unpaired) electrons. The van der Waals surface area contributed by atoms with Crippen molar-refractivity contribution in [1.82, 2.24) is 0 Å². The topological polar surface area (TPSA) is 3.24 Å². The van der Waals surface area contributed by atoms with Crippen LogP contribution in [-0.2, 0) is 5.41 Å². The zero-order valence-electron chi connectivity index (χ0n) is 26.3. The number of hydrogen-bond donors (Lipinski definition) is 0. The van der Waals surface area contributed by atoms with Crippen molar-refractivity contribution >= 4 is 55.0 Å². The van der Waals surface area contributed by atoms with Crippen LogP contribution in [0, 0.1) is 0 Å². The van der Waals surface area contributed by atoms with Crippen LogP contribution in [0.15, 0.2) is 157 Å². The van der Waals surface area contributed by atoms with Gasteiger partial charge < -0.3 is 4.90 Å². The van der Waals surface area contributed by atoms with Gasteiger partial charge in [-0.05, 0) is 103 Å². The zero-order valence-corrected chi connectivity index (χ0v) is 26.3. The smallest absolute Gasteiger partial charge is 0.0540 e. The summed E-state index contributed by atoms with van der Waals surface area (Å²) in [6.07, 6.45) is 6.92. The maximum Gasteiger partial charge on any atom is 0.0540 e.